The van der Waals surface area contributed by atoms with Crippen LogP contribution in [0.4, 0.5) is 5.69 Å². The van der Waals surface area contributed by atoms with E-state index in [1.807, 2.05) is 37.9 Å². The zero-order valence-corrected chi connectivity index (χ0v) is 21.8. The number of H-pyrrole nitrogens is 1. The molecule has 3 aromatic rings. The first-order valence-electron chi connectivity index (χ1n) is 12.4. The monoisotopic (exact) mass is 511 g/mol. The van der Waals surface area contributed by atoms with Gasteiger partial charge >= 0.3 is 0 Å². The number of hydrogen-bond acceptors (Lipinski definition) is 6. The average Bonchev–Trinajstić information content (AvgIpc) is 2.86. The smallest absolute Gasteiger partial charge is 0.252 e. The van der Waals surface area contributed by atoms with Gasteiger partial charge in [0, 0.05) is 31.3 Å². The van der Waals surface area contributed by atoms with Gasteiger partial charge in [-0.3, -0.25) is 4.79 Å². The van der Waals surface area contributed by atoms with E-state index in [4.69, 9.17) is 4.74 Å². The van der Waals surface area contributed by atoms with Gasteiger partial charge in [0.1, 0.15) is 12.4 Å². The van der Waals surface area contributed by atoms with Crippen molar-refractivity contribution in [2.45, 2.75) is 63.1 Å². The zero-order valence-electron chi connectivity index (χ0n) is 21.0. The first kappa shape index (κ1) is 24.8. The summed E-state index contributed by atoms with van der Waals surface area (Å²) in [6, 6.07) is 10.4. The number of aliphatic hydroxyl groups excluding tert-OH is 1. The molecule has 2 N–H and O–H groups in total. The maximum atomic E-state index is 14.0. The minimum atomic E-state index is -3.95. The fourth-order valence-electron chi connectivity index (χ4n) is 5.25. The number of anilines is 1. The van der Waals surface area contributed by atoms with Crippen molar-refractivity contribution in [2.24, 2.45) is 0 Å². The second kappa shape index (κ2) is 9.53. The highest BCUT2D eigenvalue weighted by atomic mass is 32.2. The first-order chi connectivity index (χ1) is 17.1. The third-order valence-electron chi connectivity index (χ3n) is 7.66. The molecule has 0 spiro atoms. The highest BCUT2D eigenvalue weighted by Gasteiger charge is 2.35. The Kier molecular flexibility index (Phi) is 6.57. The molecule has 2 aromatic carbocycles. The predicted molar refractivity (Wildman–Crippen MR) is 140 cm³/mol. The summed E-state index contributed by atoms with van der Waals surface area (Å²) in [5.41, 5.74) is 3.81. The number of nitrogens with zero attached hydrogens (tertiary/aromatic N) is 2. The normalized spacial score (nSPS) is 20.4. The van der Waals surface area contributed by atoms with Crippen molar-refractivity contribution in [1.29, 1.82) is 0 Å². The van der Waals surface area contributed by atoms with Crippen LogP contribution in [0.2, 0.25) is 0 Å². The SMILES string of the molecule is Cc1ccc2cc(CN(C3CCC(O)CC3)S(=O)(=O)c3ccc4c(c3)OCCN4C)c(=O)[nH]c2c1C. The average molecular weight is 512 g/mol. The minimum Gasteiger partial charge on any atom is -0.490 e. The number of hydrogen-bond donors (Lipinski definition) is 2. The molecule has 36 heavy (non-hydrogen) atoms. The summed E-state index contributed by atoms with van der Waals surface area (Å²) in [5.74, 6) is 0.540. The summed E-state index contributed by atoms with van der Waals surface area (Å²) in [6.07, 6.45) is 1.71. The van der Waals surface area contributed by atoms with Gasteiger partial charge in [0.15, 0.2) is 0 Å². The zero-order chi connectivity index (χ0) is 25.6. The van der Waals surface area contributed by atoms with Crippen molar-refractivity contribution in [1.82, 2.24) is 9.29 Å². The van der Waals surface area contributed by atoms with Crippen LogP contribution in [0.3, 0.4) is 0 Å². The Morgan fingerprint density at radius 2 is 1.86 bits per heavy atom. The summed E-state index contributed by atoms with van der Waals surface area (Å²) in [4.78, 5) is 18.3. The van der Waals surface area contributed by atoms with Gasteiger partial charge in [-0.15, -0.1) is 0 Å². The molecule has 1 aliphatic heterocycles. The number of benzene rings is 2. The summed E-state index contributed by atoms with van der Waals surface area (Å²) < 4.78 is 35.3. The second-order valence-electron chi connectivity index (χ2n) is 10.0. The molecule has 0 radical (unpaired) electrons. The molecule has 2 aliphatic rings. The predicted octanol–water partition coefficient (Wildman–Crippen LogP) is 3.47. The lowest BCUT2D eigenvalue weighted by Gasteiger charge is -2.35. The molecule has 1 saturated carbocycles. The largest absolute Gasteiger partial charge is 0.490 e. The van der Waals surface area contributed by atoms with E-state index >= 15 is 0 Å². The van der Waals surface area contributed by atoms with Gasteiger partial charge in [-0.2, -0.15) is 4.31 Å². The maximum Gasteiger partial charge on any atom is 0.252 e. The van der Waals surface area contributed by atoms with Crippen LogP contribution < -0.4 is 15.2 Å². The number of aryl methyl sites for hydroxylation is 2. The molecule has 1 fully saturated rings. The number of aliphatic hydroxyl groups is 1. The van der Waals surface area contributed by atoms with Crippen LogP contribution in [0, 0.1) is 13.8 Å². The van der Waals surface area contributed by atoms with Crippen LogP contribution in [0.1, 0.15) is 42.4 Å². The molecule has 9 heteroatoms. The molecule has 192 valence electrons. The Hall–Kier alpha value is -2.88. The quantitative estimate of drug-likeness (QED) is 0.544. The number of rotatable bonds is 5. The molecule has 0 atom stereocenters. The number of ether oxygens (including phenoxy) is 1. The maximum absolute atomic E-state index is 14.0. The van der Waals surface area contributed by atoms with Gasteiger partial charge in [-0.25, -0.2) is 8.42 Å². The molecule has 1 aliphatic carbocycles. The molecule has 0 amide bonds. The van der Waals surface area contributed by atoms with Crippen LogP contribution in [-0.2, 0) is 16.6 Å². The molecule has 0 bridgehead atoms. The lowest BCUT2D eigenvalue weighted by atomic mass is 9.93. The summed E-state index contributed by atoms with van der Waals surface area (Å²) >= 11 is 0. The van der Waals surface area contributed by atoms with E-state index in [0.717, 1.165) is 34.3 Å². The molecule has 1 aromatic heterocycles. The number of sulfonamides is 1. The number of pyridine rings is 1. The fraction of sp³-hybridized carbons (Fsp3) is 0.444. The van der Waals surface area contributed by atoms with Crippen molar-refractivity contribution in [2.75, 3.05) is 25.1 Å². The first-order valence-corrected chi connectivity index (χ1v) is 13.9. The minimum absolute atomic E-state index is 0.0425. The van der Waals surface area contributed by atoms with Crippen molar-refractivity contribution in [3.8, 4) is 5.75 Å². The van der Waals surface area contributed by atoms with Crippen molar-refractivity contribution in [3.05, 3.63) is 63.4 Å². The second-order valence-corrected chi connectivity index (χ2v) is 11.9. The third kappa shape index (κ3) is 4.51. The lowest BCUT2D eigenvalue weighted by molar-refractivity contribution is 0.0981. The van der Waals surface area contributed by atoms with Crippen LogP contribution in [-0.4, -0.2) is 55.2 Å². The molecule has 5 rings (SSSR count). The highest BCUT2D eigenvalue weighted by Crippen LogP contribution is 2.36. The van der Waals surface area contributed by atoms with Gasteiger partial charge < -0.3 is 19.7 Å². The van der Waals surface area contributed by atoms with Crippen LogP contribution >= 0.6 is 0 Å². The molecule has 2 heterocycles. The molecular formula is C27H33N3O5S. The standard InChI is InChI=1S/C27H33N3O5S/c1-17-4-5-19-14-20(27(32)28-26(19)18(17)2)16-30(21-6-8-22(31)9-7-21)36(33,34)23-10-11-24-25(15-23)35-13-12-29(24)3/h4-5,10-11,14-15,21-22,31H,6-9,12-13,16H2,1-3H3,(H,28,32). The topological polar surface area (TPSA) is 103 Å². The van der Waals surface area contributed by atoms with Gasteiger partial charge in [0.25, 0.3) is 5.56 Å². The van der Waals surface area contributed by atoms with E-state index in [-0.39, 0.29) is 23.0 Å². The van der Waals surface area contributed by atoms with Crippen LogP contribution in [0.5, 0.6) is 5.75 Å². The van der Waals surface area contributed by atoms with E-state index in [1.165, 1.54) is 4.31 Å². The number of nitrogens with one attached hydrogen (secondary N) is 1. The Balaban J connectivity index is 1.56. The molecule has 0 unspecified atom stereocenters. The molecular weight excluding hydrogens is 478 g/mol. The molecule has 0 saturated heterocycles. The highest BCUT2D eigenvalue weighted by molar-refractivity contribution is 7.89. The van der Waals surface area contributed by atoms with E-state index in [1.54, 1.807) is 24.3 Å². The summed E-state index contributed by atoms with van der Waals surface area (Å²) in [7, 11) is -2.00. The van der Waals surface area contributed by atoms with E-state index in [2.05, 4.69) is 4.98 Å². The lowest BCUT2D eigenvalue weighted by Crippen LogP contribution is -2.43. The number of fused-ring (bicyclic) bond motifs is 2. The van der Waals surface area contributed by atoms with E-state index in [0.29, 0.717) is 43.6 Å². The number of likely N-dealkylation sites (N-methyl/N-ethyl adjacent to an activating group) is 1. The van der Waals surface area contributed by atoms with Crippen LogP contribution in [0.25, 0.3) is 10.9 Å². The van der Waals surface area contributed by atoms with E-state index in [9.17, 15) is 18.3 Å². The Bertz CT molecular complexity index is 1460. The molecule has 8 nitrogen and oxygen atoms in total. The summed E-state index contributed by atoms with van der Waals surface area (Å²) in [5, 5.41) is 10.9. The number of aromatic nitrogens is 1. The Labute approximate surface area is 211 Å². The Morgan fingerprint density at radius 3 is 2.61 bits per heavy atom. The van der Waals surface area contributed by atoms with Gasteiger partial charge in [-0.1, -0.05) is 12.1 Å². The van der Waals surface area contributed by atoms with Crippen molar-refractivity contribution in [3.63, 3.8) is 0 Å². The fourth-order valence-corrected chi connectivity index (χ4v) is 6.93. The van der Waals surface area contributed by atoms with Crippen molar-refractivity contribution >= 4 is 26.6 Å². The Morgan fingerprint density at radius 1 is 1.11 bits per heavy atom. The van der Waals surface area contributed by atoms with Gasteiger partial charge in [-0.05, 0) is 74.2 Å². The van der Waals surface area contributed by atoms with Gasteiger partial charge in [0.2, 0.25) is 10.0 Å². The van der Waals surface area contributed by atoms with E-state index < -0.39 is 16.1 Å². The van der Waals surface area contributed by atoms with Gasteiger partial charge in [0.05, 0.1) is 28.7 Å². The third-order valence-corrected chi connectivity index (χ3v) is 9.56. The summed E-state index contributed by atoms with van der Waals surface area (Å²) in [6.45, 7) is 5.14. The number of aromatic amines is 1. The van der Waals surface area contributed by atoms with Crippen LogP contribution in [0.15, 0.2) is 46.1 Å². The van der Waals surface area contributed by atoms with Crippen molar-refractivity contribution < 1.29 is 18.3 Å².